The van der Waals surface area contributed by atoms with Crippen molar-refractivity contribution >= 4 is 17.0 Å². The van der Waals surface area contributed by atoms with E-state index in [-0.39, 0.29) is 0 Å². The zero-order valence-electron chi connectivity index (χ0n) is 16.6. The predicted molar refractivity (Wildman–Crippen MR) is 118 cm³/mol. The van der Waals surface area contributed by atoms with Crippen LogP contribution in [0, 0.1) is 0 Å². The summed E-state index contributed by atoms with van der Waals surface area (Å²) < 4.78 is 0. The largest absolute Gasteiger partial charge is 0.356 e. The monoisotopic (exact) mass is 346 g/mol. The minimum Gasteiger partial charge on any atom is -0.356 e. The Morgan fingerprint density at radius 3 is 2.23 bits per heavy atom. The van der Waals surface area contributed by atoms with E-state index in [1.807, 2.05) is 64.3 Å². The van der Waals surface area contributed by atoms with Gasteiger partial charge in [-0.3, -0.25) is 4.99 Å². The summed E-state index contributed by atoms with van der Waals surface area (Å²) in [6, 6.07) is 8.28. The molecular formula is C24H30N2. The average Bonchev–Trinajstić information content (AvgIpc) is 2.62. The van der Waals surface area contributed by atoms with E-state index < -0.39 is 0 Å². The third-order valence-corrected chi connectivity index (χ3v) is 3.72. The topological polar surface area (TPSA) is 24.4 Å². The Morgan fingerprint density at radius 1 is 1.00 bits per heavy atom. The molecule has 2 heteroatoms. The first-order chi connectivity index (χ1) is 12.3. The van der Waals surface area contributed by atoms with E-state index in [1.54, 1.807) is 0 Å². The molecule has 0 saturated heterocycles. The molecule has 0 amide bonds. The van der Waals surface area contributed by atoms with Crippen molar-refractivity contribution in [3.8, 4) is 0 Å². The van der Waals surface area contributed by atoms with Crippen LogP contribution in [0.3, 0.4) is 0 Å². The van der Waals surface area contributed by atoms with E-state index in [1.165, 1.54) is 0 Å². The number of nitrogens with zero attached hydrogens (tertiary/aromatic N) is 1. The van der Waals surface area contributed by atoms with Gasteiger partial charge in [0, 0.05) is 23.3 Å². The Morgan fingerprint density at radius 2 is 1.65 bits per heavy atom. The van der Waals surface area contributed by atoms with Gasteiger partial charge in [-0.05, 0) is 69.5 Å². The van der Waals surface area contributed by atoms with E-state index in [2.05, 4.69) is 54.7 Å². The van der Waals surface area contributed by atoms with E-state index in [4.69, 9.17) is 0 Å². The number of anilines is 1. The van der Waals surface area contributed by atoms with Gasteiger partial charge in [0.1, 0.15) is 0 Å². The molecule has 26 heavy (non-hydrogen) atoms. The summed E-state index contributed by atoms with van der Waals surface area (Å²) in [5, 5.41) is 3.33. The van der Waals surface area contributed by atoms with Crippen molar-refractivity contribution in [2.75, 3.05) is 5.32 Å². The van der Waals surface area contributed by atoms with Crippen LogP contribution in [0.5, 0.6) is 0 Å². The maximum absolute atomic E-state index is 4.48. The summed E-state index contributed by atoms with van der Waals surface area (Å²) in [4.78, 5) is 4.48. The highest BCUT2D eigenvalue weighted by Crippen LogP contribution is 2.19. The summed E-state index contributed by atoms with van der Waals surface area (Å²) in [6.07, 6.45) is 11.9. The fourth-order valence-electron chi connectivity index (χ4n) is 2.01. The minimum absolute atomic E-state index is 0.896. The first-order valence-corrected chi connectivity index (χ1v) is 8.74. The SMILES string of the molecule is C=C(C)\C=C/C(C)=N/C=C(\C)c1ccc(NC(=C)/C(C)=C\C=C/C)cc1. The van der Waals surface area contributed by atoms with Crippen LogP contribution in [0.2, 0.25) is 0 Å². The van der Waals surface area contributed by atoms with Crippen LogP contribution >= 0.6 is 0 Å². The van der Waals surface area contributed by atoms with E-state index in [0.29, 0.717) is 0 Å². The smallest absolute Gasteiger partial charge is 0.0384 e. The van der Waals surface area contributed by atoms with Gasteiger partial charge in [-0.2, -0.15) is 0 Å². The number of aliphatic imine (C=N–C) groups is 1. The molecule has 0 radical (unpaired) electrons. The Kier molecular flexibility index (Phi) is 8.86. The lowest BCUT2D eigenvalue weighted by molar-refractivity contribution is 1.35. The van der Waals surface area contributed by atoms with Gasteiger partial charge >= 0.3 is 0 Å². The summed E-state index contributed by atoms with van der Waals surface area (Å²) in [6.45, 7) is 18.0. The maximum Gasteiger partial charge on any atom is 0.0384 e. The molecule has 0 fully saturated rings. The molecule has 0 unspecified atom stereocenters. The van der Waals surface area contributed by atoms with Gasteiger partial charge < -0.3 is 5.32 Å². The van der Waals surface area contributed by atoms with Gasteiger partial charge in [-0.15, -0.1) is 0 Å². The van der Waals surface area contributed by atoms with Crippen molar-refractivity contribution in [2.24, 2.45) is 4.99 Å². The number of nitrogens with one attached hydrogen (secondary N) is 1. The van der Waals surface area contributed by atoms with Gasteiger partial charge in [0.05, 0.1) is 0 Å². The highest BCUT2D eigenvalue weighted by molar-refractivity contribution is 5.94. The van der Waals surface area contributed by atoms with Crippen molar-refractivity contribution in [3.05, 3.63) is 96.4 Å². The average molecular weight is 347 g/mol. The molecule has 1 N–H and O–H groups in total. The van der Waals surface area contributed by atoms with Crippen molar-refractivity contribution < 1.29 is 0 Å². The summed E-state index contributed by atoms with van der Waals surface area (Å²) in [5.74, 6) is 0. The molecule has 0 heterocycles. The zero-order valence-corrected chi connectivity index (χ0v) is 16.6. The molecule has 0 bridgehead atoms. The third kappa shape index (κ3) is 7.80. The number of rotatable bonds is 8. The fourth-order valence-corrected chi connectivity index (χ4v) is 2.01. The van der Waals surface area contributed by atoms with Crippen molar-refractivity contribution in [3.63, 3.8) is 0 Å². The van der Waals surface area contributed by atoms with Gasteiger partial charge in [-0.1, -0.05) is 55.2 Å². The lowest BCUT2D eigenvalue weighted by atomic mass is 10.1. The highest BCUT2D eigenvalue weighted by Gasteiger charge is 2.00. The number of hydrogen-bond donors (Lipinski definition) is 1. The second-order valence-corrected chi connectivity index (χ2v) is 6.32. The Labute approximate surface area is 158 Å². The van der Waals surface area contributed by atoms with Crippen molar-refractivity contribution in [1.82, 2.24) is 0 Å². The van der Waals surface area contributed by atoms with Crippen molar-refractivity contribution in [1.29, 1.82) is 0 Å². The van der Waals surface area contributed by atoms with Gasteiger partial charge in [-0.25, -0.2) is 0 Å². The molecule has 1 aromatic rings. The summed E-state index contributed by atoms with van der Waals surface area (Å²) in [7, 11) is 0. The third-order valence-electron chi connectivity index (χ3n) is 3.72. The zero-order chi connectivity index (χ0) is 19.5. The Hall–Kier alpha value is -2.87. The molecule has 0 aromatic heterocycles. The molecule has 0 atom stereocenters. The van der Waals surface area contributed by atoms with E-state index in [0.717, 1.165) is 39.4 Å². The number of benzene rings is 1. The van der Waals surface area contributed by atoms with Crippen LogP contribution in [-0.4, -0.2) is 5.71 Å². The Balaban J connectivity index is 2.80. The molecule has 0 spiro atoms. The lowest BCUT2D eigenvalue weighted by Crippen LogP contribution is -1.99. The molecule has 0 aliphatic rings. The van der Waals surface area contributed by atoms with E-state index in [9.17, 15) is 0 Å². The number of hydrogen-bond acceptors (Lipinski definition) is 2. The molecule has 1 aromatic carbocycles. The number of allylic oxidation sites excluding steroid dienone is 8. The van der Waals surface area contributed by atoms with Gasteiger partial charge in [0.25, 0.3) is 0 Å². The van der Waals surface area contributed by atoms with Crippen LogP contribution in [-0.2, 0) is 0 Å². The van der Waals surface area contributed by atoms with E-state index >= 15 is 0 Å². The lowest BCUT2D eigenvalue weighted by Gasteiger charge is -2.10. The second kappa shape index (κ2) is 10.9. The van der Waals surface area contributed by atoms with Gasteiger partial charge in [0.15, 0.2) is 0 Å². The van der Waals surface area contributed by atoms with Crippen LogP contribution in [0.4, 0.5) is 5.69 Å². The fraction of sp³-hybridized carbons (Fsp3) is 0.208. The first-order valence-electron chi connectivity index (χ1n) is 8.74. The van der Waals surface area contributed by atoms with Crippen LogP contribution in [0.25, 0.3) is 5.57 Å². The quantitative estimate of drug-likeness (QED) is 0.394. The van der Waals surface area contributed by atoms with Gasteiger partial charge in [0.2, 0.25) is 0 Å². The molecule has 0 aliphatic heterocycles. The van der Waals surface area contributed by atoms with Crippen LogP contribution in [0.1, 0.15) is 40.2 Å². The normalized spacial score (nSPS) is 13.5. The molecule has 0 aliphatic carbocycles. The highest BCUT2D eigenvalue weighted by atomic mass is 14.9. The minimum atomic E-state index is 0.896. The molecule has 2 nitrogen and oxygen atoms in total. The Bertz CT molecular complexity index is 782. The molecule has 0 saturated carbocycles. The summed E-state index contributed by atoms with van der Waals surface area (Å²) in [5.41, 5.74) is 7.24. The standard InChI is InChI=1S/C24H30N2/c1-8-9-10-19(4)22(7)26-24-15-13-23(14-16-24)20(5)17-25-21(6)12-11-18(2)3/h8-17,26H,2,7H2,1,3-6H3/b9-8-,12-11-,19-10-,20-17+,25-21+. The molecule has 1 rings (SSSR count). The predicted octanol–water partition coefficient (Wildman–Crippen LogP) is 7.09. The first kappa shape index (κ1) is 21.2. The molecular weight excluding hydrogens is 316 g/mol. The summed E-state index contributed by atoms with van der Waals surface area (Å²) >= 11 is 0. The second-order valence-electron chi connectivity index (χ2n) is 6.32. The van der Waals surface area contributed by atoms with Crippen LogP contribution in [0.15, 0.2) is 95.8 Å². The van der Waals surface area contributed by atoms with Crippen molar-refractivity contribution in [2.45, 2.75) is 34.6 Å². The molecule has 136 valence electrons. The maximum atomic E-state index is 4.48. The van der Waals surface area contributed by atoms with Crippen LogP contribution < -0.4 is 5.32 Å².